The van der Waals surface area contributed by atoms with E-state index in [1.165, 1.54) is 89.9 Å². The van der Waals surface area contributed by atoms with Gasteiger partial charge in [-0.2, -0.15) is 0 Å². The summed E-state index contributed by atoms with van der Waals surface area (Å²) >= 11 is 1.73. The molecular formula is C48H59Cl2Zr. The topological polar surface area (TPSA) is 0 Å². The van der Waals surface area contributed by atoms with Gasteiger partial charge in [0.25, 0.3) is 0 Å². The Kier molecular flexibility index (Phi) is 8.44. The van der Waals surface area contributed by atoms with Gasteiger partial charge in [-0.25, -0.2) is 0 Å². The van der Waals surface area contributed by atoms with Crippen LogP contribution in [-0.4, -0.2) is 0 Å². The minimum Gasteiger partial charge on any atom is -1.00 e. The van der Waals surface area contributed by atoms with Crippen molar-refractivity contribution < 1.29 is 49.5 Å². The van der Waals surface area contributed by atoms with Crippen molar-refractivity contribution in [3.63, 3.8) is 0 Å². The van der Waals surface area contributed by atoms with E-state index in [1.54, 1.807) is 69.2 Å². The second kappa shape index (κ2) is 11.9. The van der Waals surface area contributed by atoms with Gasteiger partial charge in [0.15, 0.2) is 0 Å². The fourth-order valence-electron chi connectivity index (χ4n) is 16.0. The fraction of sp³-hybridized carbons (Fsp3) is 0.667. The van der Waals surface area contributed by atoms with Crippen molar-refractivity contribution in [2.75, 3.05) is 0 Å². The molecule has 8 bridgehead atoms. The van der Waals surface area contributed by atoms with E-state index in [0.717, 1.165) is 39.1 Å². The zero-order valence-electron chi connectivity index (χ0n) is 31.9. The van der Waals surface area contributed by atoms with Gasteiger partial charge in [0.1, 0.15) is 0 Å². The van der Waals surface area contributed by atoms with Crippen molar-refractivity contribution >= 4 is 0 Å². The van der Waals surface area contributed by atoms with Crippen molar-refractivity contribution in [3.05, 3.63) is 81.4 Å². The van der Waals surface area contributed by atoms with Gasteiger partial charge in [-0.3, -0.25) is 0 Å². The van der Waals surface area contributed by atoms with Crippen LogP contribution in [0.4, 0.5) is 0 Å². The van der Waals surface area contributed by atoms with Crippen LogP contribution in [-0.2, 0) is 35.5 Å². The Labute approximate surface area is 336 Å². The molecule has 13 rings (SSSR count). The molecule has 2 aromatic carbocycles. The molecule has 0 aromatic heterocycles. The van der Waals surface area contributed by atoms with Crippen molar-refractivity contribution in [3.8, 4) is 11.1 Å². The molecule has 8 saturated carbocycles. The molecule has 0 radical (unpaired) electrons. The molecule has 2 aromatic rings. The van der Waals surface area contributed by atoms with Crippen LogP contribution in [0.2, 0.25) is 3.63 Å². The average Bonchev–Trinajstić information content (AvgIpc) is 3.70. The Hall–Kier alpha value is -0.617. The summed E-state index contributed by atoms with van der Waals surface area (Å²) in [5.74, 6) is 7.02. The van der Waals surface area contributed by atoms with Gasteiger partial charge in [0.05, 0.1) is 0 Å². The summed E-state index contributed by atoms with van der Waals surface area (Å²) in [6.07, 6.45) is 23.3. The summed E-state index contributed by atoms with van der Waals surface area (Å²) in [5.41, 5.74) is 16.8. The third-order valence-corrected chi connectivity index (χ3v) is 18.7. The van der Waals surface area contributed by atoms with E-state index in [4.69, 9.17) is 0 Å². The zero-order chi connectivity index (χ0) is 33.2. The van der Waals surface area contributed by atoms with E-state index >= 15 is 0 Å². The van der Waals surface area contributed by atoms with E-state index in [2.05, 4.69) is 77.1 Å². The van der Waals surface area contributed by atoms with Gasteiger partial charge in [0, 0.05) is 0 Å². The average molecular weight is 798 g/mol. The van der Waals surface area contributed by atoms with E-state index in [0.29, 0.717) is 22.7 Å². The minimum atomic E-state index is 0. The third-order valence-electron chi connectivity index (χ3n) is 17.3. The SMILES string of the molecule is CC(C)C1(C2c3ccc(C45CC6CC(CC(C6)C4)C5)cc3-c3cc(C45CC6CC(CC(C6)C4)C5)ccc32)C[CH]([Zr+2])C2=C1C=C(C(C)(C)C)C2.[Cl-].[Cl-]. The van der Waals surface area contributed by atoms with Crippen LogP contribution < -0.4 is 24.8 Å². The molecule has 2 atom stereocenters. The first-order valence-corrected chi connectivity index (χ1v) is 22.3. The van der Waals surface area contributed by atoms with E-state index < -0.39 is 0 Å². The number of rotatable bonds is 4. The predicted octanol–water partition coefficient (Wildman–Crippen LogP) is 6.80. The smallest absolute Gasteiger partial charge is 1.00 e. The number of hydrogen-bond acceptors (Lipinski definition) is 0. The molecule has 0 saturated heterocycles. The first kappa shape index (κ1) is 36.0. The standard InChI is InChI=1S/C48H59.2ClH.Zr/c1-28(2)48(11-10-35-18-38(21-43(35)48)45(3,4)5)44-39-8-6-36(46-22-29-12-30(23-46)14-31(13-29)24-46)19-41(39)42-20-37(7-9-40(42)44)47-25-32-15-33(26-47)17-34(16-32)27-47;;;/h6-10,19-21,28-34,44H,11-18,22-27H2,1-5H3;2*1H;/q;;;+2/p-2. The Morgan fingerprint density at radius 1 is 0.627 bits per heavy atom. The Bertz CT molecular complexity index is 1670. The zero-order valence-corrected chi connectivity index (χ0v) is 35.9. The van der Waals surface area contributed by atoms with Crippen LogP contribution in [0.3, 0.4) is 0 Å². The largest absolute Gasteiger partial charge is 1.00 e. The van der Waals surface area contributed by atoms with Gasteiger partial charge in [0.2, 0.25) is 0 Å². The van der Waals surface area contributed by atoms with Crippen LogP contribution >= 0.6 is 0 Å². The molecule has 11 aliphatic carbocycles. The molecule has 0 nitrogen and oxygen atoms in total. The summed E-state index contributed by atoms with van der Waals surface area (Å²) in [6, 6.07) is 16.5. The maximum atomic E-state index is 2.84. The minimum absolute atomic E-state index is 0. The maximum Gasteiger partial charge on any atom is -1.00 e. The molecule has 3 heteroatoms. The molecule has 0 heterocycles. The molecule has 2 unspecified atom stereocenters. The quantitative estimate of drug-likeness (QED) is 0.320. The number of fused-ring (bicyclic) bond motifs is 3. The van der Waals surface area contributed by atoms with Gasteiger partial charge in [-0.05, 0) is 0 Å². The van der Waals surface area contributed by atoms with Crippen LogP contribution in [0, 0.1) is 52.3 Å². The summed E-state index contributed by atoms with van der Waals surface area (Å²) < 4.78 is 0.755. The van der Waals surface area contributed by atoms with Crippen LogP contribution in [0.25, 0.3) is 11.1 Å². The van der Waals surface area contributed by atoms with Gasteiger partial charge in [-0.15, -0.1) is 0 Å². The van der Waals surface area contributed by atoms with Gasteiger partial charge < -0.3 is 24.8 Å². The Morgan fingerprint density at radius 2 is 1.04 bits per heavy atom. The molecule has 0 spiro atoms. The first-order chi connectivity index (χ1) is 23.4. The van der Waals surface area contributed by atoms with E-state index in [-0.39, 0.29) is 35.6 Å². The van der Waals surface area contributed by atoms with E-state index in [9.17, 15) is 0 Å². The number of hydrogen-bond donors (Lipinski definition) is 0. The molecular weight excluding hydrogens is 739 g/mol. The van der Waals surface area contributed by atoms with Crippen molar-refractivity contribution in [1.29, 1.82) is 0 Å². The molecule has 51 heavy (non-hydrogen) atoms. The fourth-order valence-corrected chi connectivity index (χ4v) is 17.4. The second-order valence-corrected chi connectivity index (χ2v) is 23.1. The van der Waals surface area contributed by atoms with Crippen LogP contribution in [0.5, 0.6) is 0 Å². The van der Waals surface area contributed by atoms with Gasteiger partial charge >= 0.3 is 314 Å². The molecule has 8 fully saturated rings. The van der Waals surface area contributed by atoms with E-state index in [1.807, 2.05) is 5.57 Å². The van der Waals surface area contributed by atoms with Crippen molar-refractivity contribution in [1.82, 2.24) is 0 Å². The monoisotopic (exact) mass is 795 g/mol. The number of allylic oxidation sites excluding steroid dienone is 4. The molecule has 11 aliphatic rings. The normalized spacial score (nSPS) is 42.2. The maximum absolute atomic E-state index is 2.84. The molecule has 269 valence electrons. The molecule has 0 aliphatic heterocycles. The van der Waals surface area contributed by atoms with Crippen LogP contribution in [0.15, 0.2) is 59.2 Å². The first-order valence-electron chi connectivity index (χ1n) is 20.9. The second-order valence-electron chi connectivity index (χ2n) is 21.4. The summed E-state index contributed by atoms with van der Waals surface area (Å²) in [7, 11) is 0. The number of halogens is 2. The summed E-state index contributed by atoms with van der Waals surface area (Å²) in [5, 5.41) is 0. The summed E-state index contributed by atoms with van der Waals surface area (Å²) in [6.45, 7) is 12.5. The number of benzene rings is 2. The van der Waals surface area contributed by atoms with Gasteiger partial charge in [-0.1, -0.05) is 0 Å². The Morgan fingerprint density at radius 3 is 1.41 bits per heavy atom. The summed E-state index contributed by atoms with van der Waals surface area (Å²) in [4.78, 5) is 0. The van der Waals surface area contributed by atoms with Crippen LogP contribution in [0.1, 0.15) is 153 Å². The van der Waals surface area contributed by atoms with Crippen molar-refractivity contribution in [2.45, 2.75) is 145 Å². The Balaban J connectivity index is 0.00000174. The predicted molar refractivity (Wildman–Crippen MR) is 198 cm³/mol. The molecule has 0 amide bonds. The third kappa shape index (κ3) is 5.04. The molecule has 0 N–H and O–H groups in total. The van der Waals surface area contributed by atoms with Crippen molar-refractivity contribution in [2.24, 2.45) is 52.3 Å².